The Balaban J connectivity index is 2.38. The van der Waals surface area contributed by atoms with Gasteiger partial charge in [0.2, 0.25) is 0 Å². The fourth-order valence-electron chi connectivity index (χ4n) is 2.09. The van der Waals surface area contributed by atoms with E-state index in [1.54, 1.807) is 0 Å². The van der Waals surface area contributed by atoms with E-state index in [2.05, 4.69) is 18.7 Å². The molecule has 0 radical (unpaired) electrons. The second-order valence-corrected chi connectivity index (χ2v) is 4.22. The lowest BCUT2D eigenvalue weighted by molar-refractivity contribution is -0.155. The maximum atomic E-state index is 11.1. The van der Waals surface area contributed by atoms with Gasteiger partial charge in [0, 0.05) is 0 Å². The number of hydrogen-bond donors (Lipinski definition) is 1. The molecule has 0 amide bonds. The molecule has 3 nitrogen and oxygen atoms in total. The van der Waals surface area contributed by atoms with Crippen molar-refractivity contribution in [2.24, 2.45) is 5.41 Å². The van der Waals surface area contributed by atoms with Crippen molar-refractivity contribution in [3.63, 3.8) is 0 Å². The van der Waals surface area contributed by atoms with Crippen LogP contribution in [0.2, 0.25) is 0 Å². The highest BCUT2D eigenvalue weighted by Crippen LogP contribution is 2.44. The van der Waals surface area contributed by atoms with Gasteiger partial charge < -0.3 is 10.0 Å². The Morgan fingerprint density at radius 2 is 1.93 bits per heavy atom. The van der Waals surface area contributed by atoms with Crippen LogP contribution in [-0.4, -0.2) is 35.6 Å². The Hall–Kier alpha value is -0.570. The molecule has 1 aliphatic rings. The van der Waals surface area contributed by atoms with Gasteiger partial charge in [0.25, 0.3) is 0 Å². The lowest BCUT2D eigenvalue weighted by Crippen LogP contribution is -2.41. The minimum Gasteiger partial charge on any atom is -0.481 e. The van der Waals surface area contributed by atoms with E-state index in [0.29, 0.717) is 0 Å². The van der Waals surface area contributed by atoms with Crippen LogP contribution in [0.25, 0.3) is 0 Å². The van der Waals surface area contributed by atoms with E-state index in [1.165, 1.54) is 0 Å². The number of carbonyl (C=O) groups is 1. The summed E-state index contributed by atoms with van der Waals surface area (Å²) in [7, 11) is 0. The molecule has 0 spiro atoms. The molecule has 0 aliphatic heterocycles. The number of carboxylic acids is 1. The number of carboxylic acid groups (broad SMARTS) is 1. The molecular formula is C11H21NO2. The fraction of sp³-hybridized carbons (Fsp3) is 0.909. The average Bonchev–Trinajstić information content (AvgIpc) is 2.09. The first-order valence-corrected chi connectivity index (χ1v) is 5.60. The fourth-order valence-corrected chi connectivity index (χ4v) is 2.09. The third-order valence-corrected chi connectivity index (χ3v) is 3.57. The Labute approximate surface area is 86.1 Å². The van der Waals surface area contributed by atoms with Crippen LogP contribution in [0.15, 0.2) is 0 Å². The highest BCUT2D eigenvalue weighted by Gasteiger charge is 2.43. The molecule has 82 valence electrons. The lowest BCUT2D eigenvalue weighted by Gasteiger charge is -2.38. The van der Waals surface area contributed by atoms with E-state index in [-0.39, 0.29) is 5.41 Å². The molecular weight excluding hydrogens is 178 g/mol. The lowest BCUT2D eigenvalue weighted by atomic mass is 9.66. The Morgan fingerprint density at radius 1 is 1.36 bits per heavy atom. The quantitative estimate of drug-likeness (QED) is 0.711. The van der Waals surface area contributed by atoms with E-state index < -0.39 is 5.97 Å². The second kappa shape index (κ2) is 4.78. The van der Waals surface area contributed by atoms with Crippen molar-refractivity contribution in [1.29, 1.82) is 0 Å². The van der Waals surface area contributed by atoms with Crippen molar-refractivity contribution in [1.82, 2.24) is 4.90 Å². The van der Waals surface area contributed by atoms with Crippen LogP contribution in [0.5, 0.6) is 0 Å². The molecule has 1 fully saturated rings. The molecule has 0 heterocycles. The maximum absolute atomic E-state index is 11.1. The second-order valence-electron chi connectivity index (χ2n) is 4.22. The van der Waals surface area contributed by atoms with Crippen LogP contribution >= 0.6 is 0 Å². The SMILES string of the molecule is CCN(CC)CCC1(C(=O)O)CCC1. The summed E-state index contributed by atoms with van der Waals surface area (Å²) in [4.78, 5) is 13.4. The zero-order valence-electron chi connectivity index (χ0n) is 9.25. The largest absolute Gasteiger partial charge is 0.481 e. The van der Waals surface area contributed by atoms with Gasteiger partial charge in [-0.15, -0.1) is 0 Å². The molecule has 0 aromatic heterocycles. The molecule has 1 N–H and O–H groups in total. The van der Waals surface area contributed by atoms with Crippen LogP contribution in [-0.2, 0) is 4.79 Å². The summed E-state index contributed by atoms with van der Waals surface area (Å²) in [6, 6.07) is 0. The Bertz CT molecular complexity index is 195. The highest BCUT2D eigenvalue weighted by molar-refractivity contribution is 5.75. The predicted molar refractivity (Wildman–Crippen MR) is 56.3 cm³/mol. The molecule has 0 atom stereocenters. The van der Waals surface area contributed by atoms with Crippen molar-refractivity contribution >= 4 is 5.97 Å². The minimum absolute atomic E-state index is 0.372. The van der Waals surface area contributed by atoms with Gasteiger partial charge in [0.05, 0.1) is 5.41 Å². The number of hydrogen-bond acceptors (Lipinski definition) is 2. The summed E-state index contributed by atoms with van der Waals surface area (Å²) in [5.41, 5.74) is -0.372. The monoisotopic (exact) mass is 199 g/mol. The predicted octanol–water partition coefficient (Wildman–Crippen LogP) is 1.97. The van der Waals surface area contributed by atoms with Gasteiger partial charge in [-0.1, -0.05) is 20.3 Å². The van der Waals surface area contributed by atoms with E-state index in [9.17, 15) is 4.79 Å². The molecule has 0 aromatic carbocycles. The third kappa shape index (κ3) is 2.27. The highest BCUT2D eigenvalue weighted by atomic mass is 16.4. The minimum atomic E-state index is -0.587. The van der Waals surface area contributed by atoms with Gasteiger partial charge >= 0.3 is 5.97 Å². The van der Waals surface area contributed by atoms with Gasteiger partial charge in [-0.3, -0.25) is 4.79 Å². The standard InChI is InChI=1S/C11H21NO2/c1-3-12(4-2)9-8-11(10(13)14)6-5-7-11/h3-9H2,1-2H3,(H,13,14). The first kappa shape index (κ1) is 11.5. The maximum Gasteiger partial charge on any atom is 0.309 e. The van der Waals surface area contributed by atoms with Crippen LogP contribution in [0.4, 0.5) is 0 Å². The molecule has 0 aromatic rings. The molecule has 0 saturated heterocycles. The number of rotatable bonds is 6. The van der Waals surface area contributed by atoms with Gasteiger partial charge in [-0.05, 0) is 38.9 Å². The molecule has 1 saturated carbocycles. The van der Waals surface area contributed by atoms with Gasteiger partial charge in [0.1, 0.15) is 0 Å². The van der Waals surface area contributed by atoms with Crippen molar-refractivity contribution in [3.8, 4) is 0 Å². The first-order valence-electron chi connectivity index (χ1n) is 5.60. The molecule has 1 aliphatic carbocycles. The summed E-state index contributed by atoms with van der Waals surface area (Å²) in [5, 5.41) is 9.12. The van der Waals surface area contributed by atoms with Crippen LogP contribution in [0.1, 0.15) is 39.5 Å². The molecule has 14 heavy (non-hydrogen) atoms. The molecule has 3 heteroatoms. The third-order valence-electron chi connectivity index (χ3n) is 3.57. The average molecular weight is 199 g/mol. The molecule has 0 unspecified atom stereocenters. The topological polar surface area (TPSA) is 40.5 Å². The van der Waals surface area contributed by atoms with Crippen molar-refractivity contribution < 1.29 is 9.90 Å². The van der Waals surface area contributed by atoms with Crippen molar-refractivity contribution in [2.45, 2.75) is 39.5 Å². The van der Waals surface area contributed by atoms with Crippen LogP contribution < -0.4 is 0 Å². The summed E-state index contributed by atoms with van der Waals surface area (Å²) in [6.07, 6.45) is 3.67. The Morgan fingerprint density at radius 3 is 2.21 bits per heavy atom. The van der Waals surface area contributed by atoms with Gasteiger partial charge in [-0.25, -0.2) is 0 Å². The van der Waals surface area contributed by atoms with Crippen molar-refractivity contribution in [2.75, 3.05) is 19.6 Å². The van der Waals surface area contributed by atoms with Crippen LogP contribution in [0, 0.1) is 5.41 Å². The molecule has 1 rings (SSSR count). The first-order chi connectivity index (χ1) is 6.64. The number of aliphatic carboxylic acids is 1. The van der Waals surface area contributed by atoms with E-state index in [0.717, 1.165) is 45.3 Å². The van der Waals surface area contributed by atoms with Crippen LogP contribution in [0.3, 0.4) is 0 Å². The Kier molecular flexibility index (Phi) is 3.93. The van der Waals surface area contributed by atoms with E-state index >= 15 is 0 Å². The molecule has 0 bridgehead atoms. The normalized spacial score (nSPS) is 19.4. The summed E-state index contributed by atoms with van der Waals surface area (Å²) in [5.74, 6) is -0.587. The summed E-state index contributed by atoms with van der Waals surface area (Å²) < 4.78 is 0. The number of nitrogens with zero attached hydrogens (tertiary/aromatic N) is 1. The van der Waals surface area contributed by atoms with Gasteiger partial charge in [-0.2, -0.15) is 0 Å². The summed E-state index contributed by atoms with van der Waals surface area (Å²) >= 11 is 0. The zero-order valence-corrected chi connectivity index (χ0v) is 9.25. The zero-order chi connectivity index (χ0) is 10.6. The van der Waals surface area contributed by atoms with Gasteiger partial charge in [0.15, 0.2) is 0 Å². The van der Waals surface area contributed by atoms with Crippen molar-refractivity contribution in [3.05, 3.63) is 0 Å². The van der Waals surface area contributed by atoms with E-state index in [4.69, 9.17) is 5.11 Å². The van der Waals surface area contributed by atoms with E-state index in [1.807, 2.05) is 0 Å². The smallest absolute Gasteiger partial charge is 0.309 e. The summed E-state index contributed by atoms with van der Waals surface area (Å²) in [6.45, 7) is 7.22.